The highest BCUT2D eigenvalue weighted by atomic mass is 14.3. The third-order valence-electron chi connectivity index (χ3n) is 3.15. The lowest BCUT2D eigenvalue weighted by Crippen LogP contribution is -2.14. The van der Waals surface area contributed by atoms with Crippen LogP contribution in [0.5, 0.6) is 0 Å². The zero-order chi connectivity index (χ0) is 7.68. The van der Waals surface area contributed by atoms with Gasteiger partial charge in [0.2, 0.25) is 0 Å². The minimum absolute atomic E-state index is 0.999. The molecule has 0 saturated heterocycles. The molecule has 62 valence electrons. The number of rotatable bonds is 0. The van der Waals surface area contributed by atoms with E-state index in [4.69, 9.17) is 0 Å². The van der Waals surface area contributed by atoms with Gasteiger partial charge in [0.1, 0.15) is 0 Å². The van der Waals surface area contributed by atoms with Gasteiger partial charge in [-0.15, -0.1) is 0 Å². The monoisotopic (exact) mass is 150 g/mol. The fourth-order valence-electron chi connectivity index (χ4n) is 2.40. The molecule has 0 unspecified atom stereocenters. The van der Waals surface area contributed by atoms with Gasteiger partial charge in [0, 0.05) is 0 Å². The quantitative estimate of drug-likeness (QED) is 0.462. The molecule has 2 rings (SSSR count). The third kappa shape index (κ3) is 1.50. The fraction of sp³-hybridized carbons (Fsp3) is 0.818. The molecule has 0 amide bonds. The molecule has 0 atom stereocenters. The van der Waals surface area contributed by atoms with Crippen LogP contribution in [0.15, 0.2) is 11.1 Å². The molecule has 2 saturated carbocycles. The largest absolute Gasteiger partial charge is 0.0710 e. The van der Waals surface area contributed by atoms with Gasteiger partial charge in [-0.3, -0.25) is 0 Å². The molecule has 0 aliphatic heterocycles. The van der Waals surface area contributed by atoms with Crippen LogP contribution in [-0.4, -0.2) is 0 Å². The van der Waals surface area contributed by atoms with Gasteiger partial charge in [-0.2, -0.15) is 0 Å². The van der Waals surface area contributed by atoms with Gasteiger partial charge in [0.25, 0.3) is 0 Å². The second kappa shape index (κ2) is 3.00. The minimum Gasteiger partial charge on any atom is -0.0710 e. The van der Waals surface area contributed by atoms with Crippen molar-refractivity contribution in [3.8, 4) is 0 Å². The van der Waals surface area contributed by atoms with Crippen molar-refractivity contribution in [2.45, 2.75) is 51.9 Å². The van der Waals surface area contributed by atoms with Crippen LogP contribution in [-0.2, 0) is 0 Å². The number of hydrogen-bond donors (Lipinski definition) is 0. The molecule has 2 aliphatic carbocycles. The van der Waals surface area contributed by atoms with Crippen molar-refractivity contribution in [1.82, 2.24) is 0 Å². The normalized spacial score (nSPS) is 31.9. The van der Waals surface area contributed by atoms with Crippen LogP contribution in [0.4, 0.5) is 0 Å². The van der Waals surface area contributed by atoms with Crippen LogP contribution in [0.2, 0.25) is 0 Å². The predicted octanol–water partition coefficient (Wildman–Crippen LogP) is 3.68. The highest BCUT2D eigenvalue weighted by Crippen LogP contribution is 2.39. The Balaban J connectivity index is 1.96. The SMILES string of the molecule is CC1CC(=C2CCCCC2)C1. The predicted molar refractivity (Wildman–Crippen MR) is 48.5 cm³/mol. The Labute approximate surface area is 69.7 Å². The molecular weight excluding hydrogens is 132 g/mol. The third-order valence-corrected chi connectivity index (χ3v) is 3.15. The highest BCUT2D eigenvalue weighted by Gasteiger charge is 2.22. The Morgan fingerprint density at radius 2 is 1.55 bits per heavy atom. The topological polar surface area (TPSA) is 0 Å². The zero-order valence-electron chi connectivity index (χ0n) is 7.53. The smallest absolute Gasteiger partial charge is 0.0289 e. The van der Waals surface area contributed by atoms with Crippen molar-refractivity contribution in [2.24, 2.45) is 5.92 Å². The van der Waals surface area contributed by atoms with Crippen LogP contribution in [0.1, 0.15) is 51.9 Å². The summed E-state index contributed by atoms with van der Waals surface area (Å²) in [5, 5.41) is 0. The van der Waals surface area contributed by atoms with Gasteiger partial charge >= 0.3 is 0 Å². The molecule has 2 aliphatic rings. The summed E-state index contributed by atoms with van der Waals surface area (Å²) in [4.78, 5) is 0. The first-order valence-electron chi connectivity index (χ1n) is 5.06. The summed E-state index contributed by atoms with van der Waals surface area (Å²) in [5.41, 5.74) is 3.67. The summed E-state index contributed by atoms with van der Waals surface area (Å²) in [6.07, 6.45) is 10.1. The van der Waals surface area contributed by atoms with E-state index in [1.54, 1.807) is 0 Å². The average molecular weight is 150 g/mol. The van der Waals surface area contributed by atoms with Crippen molar-refractivity contribution in [1.29, 1.82) is 0 Å². The molecular formula is C11H18. The van der Waals surface area contributed by atoms with Crippen molar-refractivity contribution in [3.05, 3.63) is 11.1 Å². The van der Waals surface area contributed by atoms with Gasteiger partial charge in [-0.05, 0) is 44.4 Å². The lowest BCUT2D eigenvalue weighted by atomic mass is 9.75. The van der Waals surface area contributed by atoms with Crippen LogP contribution in [0.25, 0.3) is 0 Å². The van der Waals surface area contributed by atoms with E-state index in [-0.39, 0.29) is 0 Å². The van der Waals surface area contributed by atoms with E-state index in [9.17, 15) is 0 Å². The van der Waals surface area contributed by atoms with Crippen LogP contribution < -0.4 is 0 Å². The van der Waals surface area contributed by atoms with E-state index in [1.165, 1.54) is 44.9 Å². The van der Waals surface area contributed by atoms with Gasteiger partial charge in [0.15, 0.2) is 0 Å². The maximum Gasteiger partial charge on any atom is -0.0289 e. The number of hydrogen-bond acceptors (Lipinski definition) is 0. The molecule has 0 aromatic carbocycles. The van der Waals surface area contributed by atoms with Crippen molar-refractivity contribution < 1.29 is 0 Å². The first kappa shape index (κ1) is 7.39. The molecule has 0 bridgehead atoms. The maximum absolute atomic E-state index is 2.37. The first-order valence-corrected chi connectivity index (χ1v) is 5.06. The summed E-state index contributed by atoms with van der Waals surface area (Å²) in [5.74, 6) is 0.999. The lowest BCUT2D eigenvalue weighted by molar-refractivity contribution is 0.440. The molecule has 11 heavy (non-hydrogen) atoms. The van der Waals surface area contributed by atoms with Gasteiger partial charge in [-0.25, -0.2) is 0 Å². The highest BCUT2D eigenvalue weighted by molar-refractivity contribution is 5.22. The number of allylic oxidation sites excluding steroid dienone is 2. The van der Waals surface area contributed by atoms with E-state index in [2.05, 4.69) is 6.92 Å². The summed E-state index contributed by atoms with van der Waals surface area (Å²) in [7, 11) is 0. The summed E-state index contributed by atoms with van der Waals surface area (Å²) in [6, 6.07) is 0. The molecule has 2 fully saturated rings. The van der Waals surface area contributed by atoms with Crippen molar-refractivity contribution in [3.63, 3.8) is 0 Å². The standard InChI is InChI=1S/C11H18/c1-9-7-11(8-9)10-5-3-2-4-6-10/h9H,2-8H2,1H3. The molecule has 0 N–H and O–H groups in total. The zero-order valence-corrected chi connectivity index (χ0v) is 7.53. The van der Waals surface area contributed by atoms with Crippen LogP contribution in [0, 0.1) is 5.92 Å². The maximum atomic E-state index is 2.37. The summed E-state index contributed by atoms with van der Waals surface area (Å²) in [6.45, 7) is 2.37. The molecule has 0 aromatic rings. The Hall–Kier alpha value is -0.260. The van der Waals surface area contributed by atoms with Gasteiger partial charge in [-0.1, -0.05) is 24.5 Å². The van der Waals surface area contributed by atoms with E-state index < -0.39 is 0 Å². The second-order valence-corrected chi connectivity index (χ2v) is 4.28. The van der Waals surface area contributed by atoms with E-state index in [0.29, 0.717) is 0 Å². The van der Waals surface area contributed by atoms with E-state index >= 15 is 0 Å². The molecule has 0 spiro atoms. The molecule has 0 heteroatoms. The summed E-state index contributed by atoms with van der Waals surface area (Å²) >= 11 is 0. The van der Waals surface area contributed by atoms with E-state index in [1.807, 2.05) is 11.1 Å². The second-order valence-electron chi connectivity index (χ2n) is 4.28. The van der Waals surface area contributed by atoms with Gasteiger partial charge < -0.3 is 0 Å². The molecule has 0 heterocycles. The molecule has 0 radical (unpaired) electrons. The molecule has 0 aromatic heterocycles. The average Bonchev–Trinajstić information content (AvgIpc) is 2.01. The minimum atomic E-state index is 0.999. The van der Waals surface area contributed by atoms with Crippen LogP contribution >= 0.6 is 0 Å². The van der Waals surface area contributed by atoms with Crippen molar-refractivity contribution in [2.75, 3.05) is 0 Å². The Kier molecular flexibility index (Phi) is 2.02. The Morgan fingerprint density at radius 1 is 0.909 bits per heavy atom. The molecule has 0 nitrogen and oxygen atoms in total. The van der Waals surface area contributed by atoms with Crippen LogP contribution in [0.3, 0.4) is 0 Å². The van der Waals surface area contributed by atoms with Crippen molar-refractivity contribution >= 4 is 0 Å². The van der Waals surface area contributed by atoms with Gasteiger partial charge in [0.05, 0.1) is 0 Å². The van der Waals surface area contributed by atoms with E-state index in [0.717, 1.165) is 5.92 Å². The Morgan fingerprint density at radius 3 is 2.09 bits per heavy atom. The summed E-state index contributed by atoms with van der Waals surface area (Å²) < 4.78 is 0. The first-order chi connectivity index (χ1) is 5.36. The Bertz CT molecular complexity index is 160. The fourth-order valence-corrected chi connectivity index (χ4v) is 2.40. The lowest BCUT2D eigenvalue weighted by Gasteiger charge is -2.30.